The van der Waals surface area contributed by atoms with Crippen LogP contribution in [0.2, 0.25) is 5.02 Å². The van der Waals surface area contributed by atoms with Crippen LogP contribution in [-0.2, 0) is 20.3 Å². The van der Waals surface area contributed by atoms with Gasteiger partial charge in [-0.3, -0.25) is 4.79 Å². The number of hydrogen-bond donors (Lipinski definition) is 0. The summed E-state index contributed by atoms with van der Waals surface area (Å²) in [6.07, 6.45) is 1.43. The van der Waals surface area contributed by atoms with Crippen LogP contribution in [0.1, 0.15) is 39.5 Å². The number of carbonyl (C=O) groups excluding carboxylic acids is 1. The second kappa shape index (κ2) is 11.3. The molecule has 0 saturated heterocycles. The van der Waals surface area contributed by atoms with Crippen LogP contribution in [0, 0.1) is 5.82 Å². The Balaban J connectivity index is 1.74. The number of sulfone groups is 1. The van der Waals surface area contributed by atoms with E-state index in [4.69, 9.17) is 16.3 Å². The van der Waals surface area contributed by atoms with E-state index in [1.54, 1.807) is 11.5 Å². The molecule has 2 aromatic heterocycles. The van der Waals surface area contributed by atoms with Crippen molar-refractivity contribution in [2.45, 2.75) is 23.6 Å². The number of hydrogen-bond acceptors (Lipinski definition) is 7. The minimum absolute atomic E-state index is 0.0598. The summed E-state index contributed by atoms with van der Waals surface area (Å²) >= 11 is 6.78. The molecule has 0 aliphatic rings. The fourth-order valence-electron chi connectivity index (χ4n) is 4.42. The summed E-state index contributed by atoms with van der Waals surface area (Å²) in [5.41, 5.74) is 0.740. The van der Waals surface area contributed by atoms with Crippen LogP contribution < -0.4 is 5.43 Å². The molecular weight excluding hydrogens is 575 g/mol. The molecule has 0 fully saturated rings. The predicted molar refractivity (Wildman–Crippen MR) is 152 cm³/mol. The van der Waals surface area contributed by atoms with Crippen LogP contribution in [0.5, 0.6) is 0 Å². The molecule has 40 heavy (non-hydrogen) atoms. The molecule has 0 atom stereocenters. The number of fused-ring (bicyclic) bond motifs is 1. The molecule has 5 aromatic rings. The highest BCUT2D eigenvalue weighted by molar-refractivity contribution is 7.90. The number of halogens is 2. The first kappa shape index (κ1) is 27.7. The van der Waals surface area contributed by atoms with Gasteiger partial charge in [0.05, 0.1) is 12.6 Å². The number of esters is 1. The van der Waals surface area contributed by atoms with E-state index in [1.165, 1.54) is 12.3 Å². The molecule has 0 saturated carbocycles. The molecule has 204 valence electrons. The Morgan fingerprint density at radius 2 is 1.68 bits per heavy atom. The summed E-state index contributed by atoms with van der Waals surface area (Å²) in [7, 11) is -4.18. The van der Waals surface area contributed by atoms with E-state index in [9.17, 15) is 22.4 Å². The zero-order valence-electron chi connectivity index (χ0n) is 21.1. The van der Waals surface area contributed by atoms with Crippen molar-refractivity contribution < 1.29 is 22.3 Å². The molecule has 0 N–H and O–H groups in total. The van der Waals surface area contributed by atoms with Crippen LogP contribution in [0.4, 0.5) is 4.39 Å². The molecule has 7 nitrogen and oxygen atoms in total. The third kappa shape index (κ3) is 5.42. The van der Waals surface area contributed by atoms with Crippen molar-refractivity contribution in [2.24, 2.45) is 0 Å². The summed E-state index contributed by atoms with van der Waals surface area (Å²) in [4.78, 5) is 30.5. The monoisotopic (exact) mass is 596 g/mol. The summed E-state index contributed by atoms with van der Waals surface area (Å²) in [6.45, 7) is 1.69. The molecule has 0 spiro atoms. The normalized spacial score (nSPS) is 11.7. The summed E-state index contributed by atoms with van der Waals surface area (Å²) in [5.74, 6) is -2.44. The van der Waals surface area contributed by atoms with Crippen molar-refractivity contribution in [3.05, 3.63) is 128 Å². The van der Waals surface area contributed by atoms with Crippen LogP contribution in [0.25, 0.3) is 10.3 Å². The first-order valence-electron chi connectivity index (χ1n) is 12.2. The van der Waals surface area contributed by atoms with Crippen LogP contribution in [0.3, 0.4) is 0 Å². The molecule has 3 aromatic carbocycles. The molecule has 2 heterocycles. The predicted octanol–water partition coefficient (Wildman–Crippen LogP) is 6.04. The van der Waals surface area contributed by atoms with Crippen LogP contribution in [0.15, 0.2) is 94.7 Å². The Bertz CT molecular complexity index is 1830. The summed E-state index contributed by atoms with van der Waals surface area (Å²) in [5, 5.41) is 0.129. The third-order valence-electron chi connectivity index (χ3n) is 6.16. The SMILES string of the molecule is CCOC(=O)c1cn(C(c2ccccc2)c2ccccc2)c2sc(CS(=O)(=O)c3ccc(Cl)cc3F)nc2c1=O. The van der Waals surface area contributed by atoms with E-state index < -0.39 is 43.7 Å². The van der Waals surface area contributed by atoms with E-state index in [0.717, 1.165) is 34.6 Å². The molecule has 5 rings (SSSR count). The zero-order valence-corrected chi connectivity index (χ0v) is 23.5. The maximum Gasteiger partial charge on any atom is 0.343 e. The van der Waals surface area contributed by atoms with Gasteiger partial charge in [0.25, 0.3) is 0 Å². The van der Waals surface area contributed by atoms with Crippen LogP contribution in [-0.4, -0.2) is 30.5 Å². The lowest BCUT2D eigenvalue weighted by atomic mass is 9.98. The molecule has 11 heteroatoms. The second-order valence-corrected chi connectivity index (χ2v) is 12.3. The molecule has 0 amide bonds. The fraction of sp³-hybridized carbons (Fsp3) is 0.138. The highest BCUT2D eigenvalue weighted by atomic mass is 35.5. The summed E-state index contributed by atoms with van der Waals surface area (Å²) < 4.78 is 47.7. The maximum absolute atomic E-state index is 14.5. The molecule has 0 bridgehead atoms. The first-order chi connectivity index (χ1) is 19.2. The van der Waals surface area contributed by atoms with Gasteiger partial charge in [-0.05, 0) is 36.2 Å². The molecule has 0 aliphatic carbocycles. The Morgan fingerprint density at radius 1 is 1.05 bits per heavy atom. The van der Waals surface area contributed by atoms with E-state index in [2.05, 4.69) is 4.98 Å². The molecule has 0 aliphatic heterocycles. The quantitative estimate of drug-likeness (QED) is 0.203. The molecule has 0 radical (unpaired) electrons. The second-order valence-electron chi connectivity index (χ2n) is 8.82. The average Bonchev–Trinajstić information content (AvgIpc) is 3.35. The van der Waals surface area contributed by atoms with E-state index in [1.807, 2.05) is 60.7 Å². The van der Waals surface area contributed by atoms with Gasteiger partial charge in [0.15, 0.2) is 9.84 Å². The topological polar surface area (TPSA) is 95.3 Å². The van der Waals surface area contributed by atoms with Gasteiger partial charge in [0, 0.05) is 11.2 Å². The van der Waals surface area contributed by atoms with Gasteiger partial charge >= 0.3 is 5.97 Å². The molecule has 0 unspecified atom stereocenters. The van der Waals surface area contributed by atoms with E-state index in [0.29, 0.717) is 4.83 Å². The third-order valence-corrected chi connectivity index (χ3v) is 9.30. The summed E-state index contributed by atoms with van der Waals surface area (Å²) in [6, 6.07) is 21.8. The number of benzene rings is 3. The Morgan fingerprint density at radius 3 is 2.25 bits per heavy atom. The first-order valence-corrected chi connectivity index (χ1v) is 15.0. The van der Waals surface area contributed by atoms with Crippen molar-refractivity contribution >= 4 is 49.1 Å². The number of rotatable bonds is 8. The number of carbonyl (C=O) groups is 1. The van der Waals surface area contributed by atoms with Crippen molar-refractivity contribution in [1.29, 1.82) is 0 Å². The fourth-order valence-corrected chi connectivity index (χ4v) is 7.32. The molecular formula is C29H22ClFN2O5S2. The minimum atomic E-state index is -4.18. The van der Waals surface area contributed by atoms with Crippen molar-refractivity contribution in [2.75, 3.05) is 6.61 Å². The highest BCUT2D eigenvalue weighted by Gasteiger charge is 2.27. The average molecular weight is 597 g/mol. The minimum Gasteiger partial charge on any atom is -0.462 e. The van der Waals surface area contributed by atoms with Crippen LogP contribution >= 0.6 is 22.9 Å². The lowest BCUT2D eigenvalue weighted by molar-refractivity contribution is 0.0524. The number of ether oxygens (including phenoxy) is 1. The number of thiazole rings is 1. The Hall–Kier alpha value is -3.86. The van der Waals surface area contributed by atoms with Gasteiger partial charge in [-0.15, -0.1) is 0 Å². The highest BCUT2D eigenvalue weighted by Crippen LogP contribution is 2.33. The van der Waals surface area contributed by atoms with Crippen molar-refractivity contribution in [1.82, 2.24) is 9.55 Å². The maximum atomic E-state index is 14.5. The zero-order chi connectivity index (χ0) is 28.4. The van der Waals surface area contributed by atoms with Gasteiger partial charge in [0.2, 0.25) is 5.43 Å². The number of nitrogens with zero attached hydrogens (tertiary/aromatic N) is 2. The van der Waals surface area contributed by atoms with Gasteiger partial charge in [-0.1, -0.05) is 83.6 Å². The largest absolute Gasteiger partial charge is 0.462 e. The van der Waals surface area contributed by atoms with E-state index >= 15 is 0 Å². The van der Waals surface area contributed by atoms with Gasteiger partial charge in [-0.2, -0.15) is 0 Å². The number of pyridine rings is 1. The van der Waals surface area contributed by atoms with Gasteiger partial charge in [0.1, 0.15) is 37.4 Å². The van der Waals surface area contributed by atoms with E-state index in [-0.39, 0.29) is 27.7 Å². The van der Waals surface area contributed by atoms with Crippen molar-refractivity contribution in [3.8, 4) is 0 Å². The van der Waals surface area contributed by atoms with Crippen molar-refractivity contribution in [3.63, 3.8) is 0 Å². The number of aromatic nitrogens is 2. The Labute approximate surface area is 238 Å². The smallest absolute Gasteiger partial charge is 0.343 e. The lowest BCUT2D eigenvalue weighted by Gasteiger charge is -2.23. The lowest BCUT2D eigenvalue weighted by Crippen LogP contribution is -2.23. The Kier molecular flexibility index (Phi) is 7.84. The van der Waals surface area contributed by atoms with Gasteiger partial charge < -0.3 is 9.30 Å². The standard InChI is InChI=1S/C29H22ClFN2O5S2/c1-2-38-29(35)21-16-33(26(18-9-5-3-6-10-18)19-11-7-4-8-12-19)28-25(27(21)34)32-24(39-28)17-40(36,37)23-14-13-20(30)15-22(23)31/h3-16,26H,2,17H2,1H3. The van der Waals surface area contributed by atoms with Gasteiger partial charge in [-0.25, -0.2) is 22.6 Å².